The largest absolute Gasteiger partial charge is 0.485 e. The van der Waals surface area contributed by atoms with E-state index in [9.17, 15) is 14.4 Å². The van der Waals surface area contributed by atoms with E-state index >= 15 is 0 Å². The topological polar surface area (TPSA) is 81.7 Å². The Morgan fingerprint density at radius 1 is 0.846 bits per heavy atom. The molecule has 0 heterocycles. The molecule has 0 aliphatic rings. The zero-order chi connectivity index (χ0) is 20.0. The van der Waals surface area contributed by atoms with E-state index in [0.29, 0.717) is 30.6 Å². The highest BCUT2D eigenvalue weighted by Crippen LogP contribution is 2.25. The second-order valence-electron chi connectivity index (χ2n) is 6.76. The Balaban J connectivity index is 4.71. The monoisotopic (exact) mass is 385 g/mol. The van der Waals surface area contributed by atoms with Gasteiger partial charge in [0.2, 0.25) is 5.91 Å². The highest BCUT2D eigenvalue weighted by molar-refractivity contribution is 6.70. The molecule has 1 N–H and O–H groups in total. The zero-order valence-corrected chi connectivity index (χ0v) is 17.8. The third-order valence-electron chi connectivity index (χ3n) is 3.98. The minimum atomic E-state index is -2.96. The lowest BCUT2D eigenvalue weighted by atomic mass is 10.1. The molecule has 0 unspecified atom stereocenters. The highest BCUT2D eigenvalue weighted by atomic mass is 28.4. The fraction of sp³-hybridized carbons (Fsp3) is 0.737. The average molecular weight is 386 g/mol. The molecular weight excluding hydrogens is 350 g/mol. The number of carbonyl (C=O) groups excluding carboxylic acids is 3. The van der Waals surface area contributed by atoms with Crippen molar-refractivity contribution in [3.63, 3.8) is 0 Å². The van der Waals surface area contributed by atoms with E-state index in [4.69, 9.17) is 8.85 Å². The first-order chi connectivity index (χ1) is 12.2. The number of carbonyl (C=O) groups is 3. The molecular formula is C19H35NO5Si. The first-order valence-corrected chi connectivity index (χ1v) is 11.8. The first-order valence-electron chi connectivity index (χ1n) is 9.55. The minimum absolute atomic E-state index is 0.201. The van der Waals surface area contributed by atoms with E-state index < -0.39 is 20.5 Å². The lowest BCUT2D eigenvalue weighted by molar-refractivity contribution is -0.139. The lowest BCUT2D eigenvalue weighted by Gasteiger charge is -2.29. The van der Waals surface area contributed by atoms with Crippen LogP contribution in [0.4, 0.5) is 0 Å². The summed E-state index contributed by atoms with van der Waals surface area (Å²) in [5.74, 6) is -1.04. The molecule has 0 aromatic carbocycles. The van der Waals surface area contributed by atoms with Crippen molar-refractivity contribution in [1.82, 2.24) is 5.32 Å². The molecule has 0 fully saturated rings. The van der Waals surface area contributed by atoms with Crippen LogP contribution < -0.4 is 5.32 Å². The van der Waals surface area contributed by atoms with Crippen molar-refractivity contribution in [3.05, 3.63) is 12.2 Å². The van der Waals surface area contributed by atoms with Crippen LogP contribution in [0.1, 0.15) is 72.6 Å². The maximum absolute atomic E-state index is 11.6. The van der Waals surface area contributed by atoms with E-state index in [2.05, 4.69) is 18.8 Å². The fourth-order valence-electron chi connectivity index (χ4n) is 2.76. The van der Waals surface area contributed by atoms with E-state index in [1.807, 2.05) is 0 Å². The van der Waals surface area contributed by atoms with Gasteiger partial charge in [0.25, 0.3) is 11.9 Å². The smallest absolute Gasteiger partial charge is 0.464 e. The van der Waals surface area contributed by atoms with E-state index in [-0.39, 0.29) is 5.91 Å². The average Bonchev–Trinajstić information content (AvgIpc) is 2.53. The van der Waals surface area contributed by atoms with Gasteiger partial charge in [-0.1, -0.05) is 45.6 Å². The number of nitrogens with one attached hydrogen (secondary N) is 1. The predicted molar refractivity (Wildman–Crippen MR) is 105 cm³/mol. The lowest BCUT2D eigenvalue weighted by Crippen LogP contribution is -2.45. The maximum Gasteiger partial charge on any atom is 0.464 e. The number of rotatable bonds is 14. The SMILES string of the molecule is C=C(C)C(=O)NCCC[Si](CCCCCCCC)(OC(C)=O)OC(C)=O. The summed E-state index contributed by atoms with van der Waals surface area (Å²) in [7, 11) is -2.96. The molecule has 150 valence electrons. The summed E-state index contributed by atoms with van der Waals surface area (Å²) in [6.45, 7) is 10.5. The normalized spacial score (nSPS) is 10.9. The van der Waals surface area contributed by atoms with Gasteiger partial charge in [-0.15, -0.1) is 0 Å². The Morgan fingerprint density at radius 2 is 1.35 bits per heavy atom. The van der Waals surface area contributed by atoms with Crippen LogP contribution in [0.25, 0.3) is 0 Å². The van der Waals surface area contributed by atoms with E-state index in [1.165, 1.54) is 33.1 Å². The van der Waals surface area contributed by atoms with Crippen LogP contribution in [0.5, 0.6) is 0 Å². The Labute approximate surface area is 159 Å². The maximum atomic E-state index is 11.6. The molecule has 0 bridgehead atoms. The summed E-state index contributed by atoms with van der Waals surface area (Å²) in [6.07, 6.45) is 7.22. The van der Waals surface area contributed by atoms with Crippen LogP contribution in [0.15, 0.2) is 12.2 Å². The zero-order valence-electron chi connectivity index (χ0n) is 16.8. The molecule has 0 spiro atoms. The molecule has 0 aliphatic heterocycles. The van der Waals surface area contributed by atoms with Gasteiger partial charge in [-0.25, -0.2) is 0 Å². The summed E-state index contributed by atoms with van der Waals surface area (Å²) in [4.78, 5) is 34.7. The number of hydrogen-bond donors (Lipinski definition) is 1. The third kappa shape index (κ3) is 11.8. The van der Waals surface area contributed by atoms with Crippen molar-refractivity contribution in [2.45, 2.75) is 84.7 Å². The molecule has 0 radical (unpaired) electrons. The van der Waals surface area contributed by atoms with Crippen molar-refractivity contribution in [3.8, 4) is 0 Å². The van der Waals surface area contributed by atoms with Crippen LogP contribution in [0.2, 0.25) is 12.1 Å². The molecule has 0 atom stereocenters. The van der Waals surface area contributed by atoms with Crippen LogP contribution >= 0.6 is 0 Å². The van der Waals surface area contributed by atoms with Crippen LogP contribution in [0.3, 0.4) is 0 Å². The Morgan fingerprint density at radius 3 is 1.85 bits per heavy atom. The van der Waals surface area contributed by atoms with Gasteiger partial charge in [-0.05, 0) is 19.8 Å². The van der Waals surface area contributed by atoms with Crippen molar-refractivity contribution in [1.29, 1.82) is 0 Å². The summed E-state index contributed by atoms with van der Waals surface area (Å²) in [5, 5.41) is 2.75. The van der Waals surface area contributed by atoms with E-state index in [1.54, 1.807) is 6.92 Å². The number of amides is 1. The molecule has 0 saturated carbocycles. The van der Waals surface area contributed by atoms with Crippen LogP contribution in [0, 0.1) is 0 Å². The fourth-order valence-corrected chi connectivity index (χ4v) is 6.01. The van der Waals surface area contributed by atoms with Crippen LogP contribution in [-0.2, 0) is 23.2 Å². The van der Waals surface area contributed by atoms with Crippen molar-refractivity contribution < 1.29 is 23.2 Å². The molecule has 0 saturated heterocycles. The number of hydrogen-bond acceptors (Lipinski definition) is 5. The summed E-state index contributed by atoms with van der Waals surface area (Å²) >= 11 is 0. The van der Waals surface area contributed by atoms with Gasteiger partial charge in [0, 0.05) is 38.1 Å². The van der Waals surface area contributed by atoms with Gasteiger partial charge >= 0.3 is 8.56 Å². The molecule has 0 aromatic rings. The predicted octanol–water partition coefficient (Wildman–Crippen LogP) is 4.00. The van der Waals surface area contributed by atoms with Gasteiger partial charge < -0.3 is 14.2 Å². The minimum Gasteiger partial charge on any atom is -0.485 e. The van der Waals surface area contributed by atoms with Crippen molar-refractivity contribution in [2.24, 2.45) is 0 Å². The van der Waals surface area contributed by atoms with Gasteiger partial charge in [-0.3, -0.25) is 14.4 Å². The molecule has 26 heavy (non-hydrogen) atoms. The standard InChI is InChI=1S/C19H35NO5Si/c1-6-7-8-9-10-11-14-26(24-17(4)21,25-18(5)22)15-12-13-20-19(23)16(2)3/h2,6-15H2,1,3-5H3,(H,20,23). The second-order valence-corrected chi connectivity index (χ2v) is 9.99. The summed E-state index contributed by atoms with van der Waals surface area (Å²) in [5.41, 5.74) is 0.445. The Bertz CT molecular complexity index is 463. The van der Waals surface area contributed by atoms with Crippen molar-refractivity contribution in [2.75, 3.05) is 6.54 Å². The van der Waals surface area contributed by atoms with Crippen molar-refractivity contribution >= 4 is 26.4 Å². The Kier molecular flexibility index (Phi) is 12.7. The molecule has 1 amide bonds. The molecule has 7 heteroatoms. The molecule has 0 rings (SSSR count). The molecule has 0 aliphatic carbocycles. The quantitative estimate of drug-likeness (QED) is 0.278. The van der Waals surface area contributed by atoms with Gasteiger partial charge in [0.15, 0.2) is 0 Å². The van der Waals surface area contributed by atoms with Gasteiger partial charge in [0.1, 0.15) is 0 Å². The molecule has 0 aromatic heterocycles. The van der Waals surface area contributed by atoms with Gasteiger partial charge in [0.05, 0.1) is 0 Å². The summed E-state index contributed by atoms with van der Waals surface area (Å²) in [6, 6.07) is 1.09. The highest BCUT2D eigenvalue weighted by Gasteiger charge is 2.42. The summed E-state index contributed by atoms with van der Waals surface area (Å²) < 4.78 is 11.1. The second kappa shape index (κ2) is 13.6. The van der Waals surface area contributed by atoms with E-state index in [0.717, 1.165) is 19.3 Å². The van der Waals surface area contributed by atoms with Crippen LogP contribution in [-0.4, -0.2) is 33.0 Å². The van der Waals surface area contributed by atoms with Gasteiger partial charge in [-0.2, -0.15) is 0 Å². The first kappa shape index (κ1) is 24.4. The number of unbranched alkanes of at least 4 members (excludes halogenated alkanes) is 5. The third-order valence-corrected chi connectivity index (χ3v) is 7.53. The molecule has 6 nitrogen and oxygen atoms in total. The Hall–Kier alpha value is -1.63.